The number of aliphatic hydroxyl groups excluding tert-OH is 1. The van der Waals surface area contributed by atoms with Crippen LogP contribution in [0.3, 0.4) is 0 Å². The number of rotatable bonds is 8. The topological polar surface area (TPSA) is 63.6 Å². The van der Waals surface area contributed by atoms with Crippen LogP contribution in [0, 0.1) is 0 Å². The van der Waals surface area contributed by atoms with Crippen molar-refractivity contribution in [2.75, 3.05) is 18.6 Å². The maximum Gasteiger partial charge on any atom is 0.147 e. The summed E-state index contributed by atoms with van der Waals surface area (Å²) in [5.41, 5.74) is 0.913. The van der Waals surface area contributed by atoms with Crippen LogP contribution in [0.4, 0.5) is 0 Å². The van der Waals surface area contributed by atoms with E-state index in [0.29, 0.717) is 19.4 Å². The van der Waals surface area contributed by atoms with Gasteiger partial charge in [-0.15, -0.1) is 0 Å². The average molecular weight is 286 g/mol. The minimum atomic E-state index is -2.97. The summed E-state index contributed by atoms with van der Waals surface area (Å²) in [6.07, 6.45) is 0.967. The smallest absolute Gasteiger partial charge is 0.147 e. The average Bonchev–Trinajstić information content (AvgIpc) is 2.35. The first-order valence-corrected chi connectivity index (χ1v) is 8.52. The van der Waals surface area contributed by atoms with Crippen LogP contribution in [-0.2, 0) is 14.6 Å². The molecular weight excluding hydrogens is 264 g/mol. The molecule has 0 heterocycles. The van der Waals surface area contributed by atoms with Gasteiger partial charge in [-0.05, 0) is 25.3 Å². The van der Waals surface area contributed by atoms with Gasteiger partial charge in [-0.2, -0.15) is 0 Å². The zero-order valence-corrected chi connectivity index (χ0v) is 12.3. The first-order chi connectivity index (χ1) is 8.94. The minimum Gasteiger partial charge on any atom is -0.390 e. The monoisotopic (exact) mass is 286 g/mol. The third-order valence-electron chi connectivity index (χ3n) is 2.84. The molecule has 0 saturated carbocycles. The lowest BCUT2D eigenvalue weighted by molar-refractivity contribution is -0.0378. The molecule has 0 aromatic heterocycles. The molecule has 0 aliphatic carbocycles. The Morgan fingerprint density at radius 3 is 2.42 bits per heavy atom. The molecule has 0 aliphatic rings. The van der Waals surface area contributed by atoms with E-state index in [1.807, 2.05) is 37.3 Å². The summed E-state index contributed by atoms with van der Waals surface area (Å²) in [6, 6.07) is 9.50. The molecule has 108 valence electrons. The van der Waals surface area contributed by atoms with E-state index in [-0.39, 0.29) is 5.75 Å². The van der Waals surface area contributed by atoms with Crippen molar-refractivity contribution in [1.82, 2.24) is 0 Å². The second-order valence-electron chi connectivity index (χ2n) is 4.63. The van der Waals surface area contributed by atoms with E-state index in [4.69, 9.17) is 4.74 Å². The normalized spacial score (nSPS) is 15.1. The molecular formula is C14H22O4S. The lowest BCUT2D eigenvalue weighted by atomic mass is 10.0. The van der Waals surface area contributed by atoms with Crippen LogP contribution in [0.15, 0.2) is 30.3 Å². The van der Waals surface area contributed by atoms with Crippen molar-refractivity contribution in [3.63, 3.8) is 0 Å². The van der Waals surface area contributed by atoms with Gasteiger partial charge >= 0.3 is 0 Å². The fourth-order valence-corrected chi connectivity index (χ4v) is 2.65. The molecule has 1 aromatic rings. The SMILES string of the molecule is CCOC(c1ccccc1)C(O)CCCS(C)(=O)=O. The molecule has 4 nitrogen and oxygen atoms in total. The number of sulfone groups is 1. The highest BCUT2D eigenvalue weighted by atomic mass is 32.2. The number of hydrogen-bond acceptors (Lipinski definition) is 4. The van der Waals surface area contributed by atoms with Crippen molar-refractivity contribution < 1.29 is 18.3 Å². The summed E-state index contributed by atoms with van der Waals surface area (Å²) in [5.74, 6) is 0.0949. The van der Waals surface area contributed by atoms with Crippen molar-refractivity contribution in [2.45, 2.75) is 32.0 Å². The van der Waals surface area contributed by atoms with Crippen molar-refractivity contribution in [3.8, 4) is 0 Å². The molecule has 19 heavy (non-hydrogen) atoms. The van der Waals surface area contributed by atoms with Gasteiger partial charge in [0.15, 0.2) is 0 Å². The predicted octanol–water partition coefficient (Wildman–Crippen LogP) is 1.95. The van der Waals surface area contributed by atoms with E-state index in [1.165, 1.54) is 6.26 Å². The summed E-state index contributed by atoms with van der Waals surface area (Å²) in [4.78, 5) is 0. The molecule has 2 unspecified atom stereocenters. The van der Waals surface area contributed by atoms with Gasteiger partial charge in [0.1, 0.15) is 15.9 Å². The molecule has 1 aromatic carbocycles. The molecule has 0 radical (unpaired) electrons. The van der Waals surface area contributed by atoms with E-state index >= 15 is 0 Å². The number of benzene rings is 1. The third kappa shape index (κ3) is 6.18. The highest BCUT2D eigenvalue weighted by Crippen LogP contribution is 2.24. The van der Waals surface area contributed by atoms with Gasteiger partial charge < -0.3 is 9.84 Å². The van der Waals surface area contributed by atoms with Crippen molar-refractivity contribution >= 4 is 9.84 Å². The van der Waals surface area contributed by atoms with Crippen LogP contribution in [0.2, 0.25) is 0 Å². The standard InChI is InChI=1S/C14H22O4S/c1-3-18-14(12-8-5-4-6-9-12)13(15)10-7-11-19(2,16)17/h4-6,8-9,13-15H,3,7,10-11H2,1-2H3. The van der Waals surface area contributed by atoms with Crippen molar-refractivity contribution in [1.29, 1.82) is 0 Å². The lowest BCUT2D eigenvalue weighted by Crippen LogP contribution is -2.22. The molecule has 1 N–H and O–H groups in total. The lowest BCUT2D eigenvalue weighted by Gasteiger charge is -2.23. The number of hydrogen-bond donors (Lipinski definition) is 1. The summed E-state index contributed by atoms with van der Waals surface area (Å²) < 4.78 is 27.7. The van der Waals surface area contributed by atoms with E-state index in [1.54, 1.807) is 0 Å². The Bertz CT molecular complexity index is 456. The van der Waals surface area contributed by atoms with Crippen LogP contribution in [0.5, 0.6) is 0 Å². The highest BCUT2D eigenvalue weighted by molar-refractivity contribution is 7.90. The van der Waals surface area contributed by atoms with E-state index < -0.39 is 22.0 Å². The quantitative estimate of drug-likeness (QED) is 0.793. The van der Waals surface area contributed by atoms with E-state index in [2.05, 4.69) is 0 Å². The Morgan fingerprint density at radius 1 is 1.26 bits per heavy atom. The van der Waals surface area contributed by atoms with Crippen LogP contribution >= 0.6 is 0 Å². The number of aliphatic hydroxyl groups is 1. The second kappa shape index (κ2) is 7.62. The van der Waals surface area contributed by atoms with Gasteiger partial charge in [-0.25, -0.2) is 8.42 Å². The summed E-state index contributed by atoms with van der Waals surface area (Å²) in [6.45, 7) is 2.38. The Balaban J connectivity index is 2.61. The zero-order chi connectivity index (χ0) is 14.3. The molecule has 5 heteroatoms. The molecule has 0 spiro atoms. The molecule has 0 bridgehead atoms. The molecule has 0 amide bonds. The van der Waals surface area contributed by atoms with Gasteiger partial charge in [-0.3, -0.25) is 0 Å². The Kier molecular flexibility index (Phi) is 6.48. The van der Waals surface area contributed by atoms with Crippen LogP contribution in [0.1, 0.15) is 31.4 Å². The first-order valence-electron chi connectivity index (χ1n) is 6.46. The fourth-order valence-electron chi connectivity index (χ4n) is 1.96. The Hall–Kier alpha value is -0.910. The molecule has 0 fully saturated rings. The molecule has 0 saturated heterocycles. The van der Waals surface area contributed by atoms with E-state index in [9.17, 15) is 13.5 Å². The minimum absolute atomic E-state index is 0.0949. The van der Waals surface area contributed by atoms with Crippen LogP contribution in [-0.4, -0.2) is 38.2 Å². The maximum absolute atomic E-state index is 11.1. The van der Waals surface area contributed by atoms with Gasteiger partial charge in [0.05, 0.1) is 6.10 Å². The number of ether oxygens (including phenoxy) is 1. The zero-order valence-electron chi connectivity index (χ0n) is 11.5. The van der Waals surface area contributed by atoms with Gasteiger partial charge in [0.25, 0.3) is 0 Å². The van der Waals surface area contributed by atoms with Gasteiger partial charge in [0.2, 0.25) is 0 Å². The van der Waals surface area contributed by atoms with Crippen molar-refractivity contribution in [3.05, 3.63) is 35.9 Å². The maximum atomic E-state index is 11.1. The van der Waals surface area contributed by atoms with E-state index in [0.717, 1.165) is 5.56 Å². The molecule has 0 aliphatic heterocycles. The first kappa shape index (κ1) is 16.1. The van der Waals surface area contributed by atoms with Gasteiger partial charge in [0, 0.05) is 18.6 Å². The second-order valence-corrected chi connectivity index (χ2v) is 6.89. The molecule has 2 atom stereocenters. The Labute approximate surface area is 115 Å². The summed E-state index contributed by atoms with van der Waals surface area (Å²) in [5, 5.41) is 10.2. The van der Waals surface area contributed by atoms with Crippen molar-refractivity contribution in [2.24, 2.45) is 0 Å². The summed E-state index contributed by atoms with van der Waals surface area (Å²) in [7, 11) is -2.97. The predicted molar refractivity (Wildman–Crippen MR) is 75.8 cm³/mol. The van der Waals surface area contributed by atoms with Gasteiger partial charge in [-0.1, -0.05) is 30.3 Å². The summed E-state index contributed by atoms with van der Waals surface area (Å²) >= 11 is 0. The third-order valence-corrected chi connectivity index (χ3v) is 3.87. The van der Waals surface area contributed by atoms with Crippen LogP contribution < -0.4 is 0 Å². The van der Waals surface area contributed by atoms with Crippen LogP contribution in [0.25, 0.3) is 0 Å². The highest BCUT2D eigenvalue weighted by Gasteiger charge is 2.21. The fraction of sp³-hybridized carbons (Fsp3) is 0.571. The largest absolute Gasteiger partial charge is 0.390 e. The molecule has 1 rings (SSSR count). The Morgan fingerprint density at radius 2 is 1.89 bits per heavy atom.